The molecule has 0 aromatic heterocycles. The Hall–Kier alpha value is -3.63. The number of rotatable bonds is 15. The Morgan fingerprint density at radius 1 is 0.625 bits per heavy atom. The Balaban J connectivity index is 1.09. The van der Waals surface area contributed by atoms with E-state index in [9.17, 15) is 24.0 Å². The molecular formula is C45H70N4O7. The van der Waals surface area contributed by atoms with E-state index < -0.39 is 11.7 Å². The number of hydrogen-bond donors (Lipinski definition) is 4. The zero-order valence-corrected chi connectivity index (χ0v) is 34.5. The minimum absolute atomic E-state index is 0.000119. The van der Waals surface area contributed by atoms with Gasteiger partial charge >= 0.3 is 12.1 Å². The van der Waals surface area contributed by atoms with Crippen molar-refractivity contribution >= 4 is 29.8 Å². The van der Waals surface area contributed by atoms with Gasteiger partial charge in [-0.3, -0.25) is 19.2 Å². The van der Waals surface area contributed by atoms with E-state index in [1.165, 1.54) is 0 Å². The van der Waals surface area contributed by atoms with Gasteiger partial charge in [-0.15, -0.1) is 0 Å². The highest BCUT2D eigenvalue weighted by molar-refractivity contribution is 5.79. The van der Waals surface area contributed by atoms with Crippen molar-refractivity contribution in [3.63, 3.8) is 0 Å². The molecular weight excluding hydrogens is 709 g/mol. The number of carbonyl (C=O) groups excluding carboxylic acids is 5. The summed E-state index contributed by atoms with van der Waals surface area (Å²) < 4.78 is 11.0. The number of nitrogens with one attached hydrogen (secondary N) is 4. The Labute approximate surface area is 335 Å². The number of carbonyl (C=O) groups is 5. The third-order valence-corrected chi connectivity index (χ3v) is 12.8. The molecule has 1 aromatic carbocycles. The van der Waals surface area contributed by atoms with Crippen molar-refractivity contribution < 1.29 is 33.4 Å². The molecule has 0 unspecified atom stereocenters. The van der Waals surface area contributed by atoms with E-state index in [1.807, 2.05) is 51.1 Å². The molecule has 4 aliphatic rings. The monoisotopic (exact) mass is 779 g/mol. The molecule has 4 N–H and O–H groups in total. The van der Waals surface area contributed by atoms with Crippen molar-refractivity contribution in [1.29, 1.82) is 0 Å². The van der Waals surface area contributed by atoms with Crippen LogP contribution in [0.5, 0.6) is 0 Å². The van der Waals surface area contributed by atoms with Crippen LogP contribution < -0.4 is 21.3 Å². The molecule has 0 saturated heterocycles. The van der Waals surface area contributed by atoms with Crippen molar-refractivity contribution in [2.24, 2.45) is 23.2 Å². The van der Waals surface area contributed by atoms with E-state index in [4.69, 9.17) is 9.47 Å². The Morgan fingerprint density at radius 3 is 1.62 bits per heavy atom. The van der Waals surface area contributed by atoms with Crippen molar-refractivity contribution in [3.8, 4) is 0 Å². The van der Waals surface area contributed by atoms with Gasteiger partial charge in [-0.2, -0.15) is 0 Å². The summed E-state index contributed by atoms with van der Waals surface area (Å²) in [6, 6.07) is 9.50. The van der Waals surface area contributed by atoms with Crippen molar-refractivity contribution in [2.75, 3.05) is 6.54 Å². The van der Waals surface area contributed by atoms with Crippen LogP contribution in [0.25, 0.3) is 0 Å². The van der Waals surface area contributed by atoms with Crippen LogP contribution in [0.1, 0.15) is 161 Å². The van der Waals surface area contributed by atoms with E-state index >= 15 is 0 Å². The summed E-state index contributed by atoms with van der Waals surface area (Å²) in [5.74, 6) is -0.0496. The third kappa shape index (κ3) is 14.4. The largest absolute Gasteiger partial charge is 0.461 e. The van der Waals surface area contributed by atoms with E-state index in [0.717, 1.165) is 115 Å². The second-order valence-electron chi connectivity index (χ2n) is 18.5. The van der Waals surface area contributed by atoms with E-state index in [-0.39, 0.29) is 71.6 Å². The molecule has 56 heavy (non-hydrogen) atoms. The van der Waals surface area contributed by atoms with Crippen LogP contribution in [0.15, 0.2) is 30.3 Å². The SMILES string of the molecule is CC(C)(C)OC(=O)NCC1(CC(=O)N[C@H]2CCCC[C@H]2CC(=O)N[C@H]2CCCC[C@H]2CC(=O)N[C@H]2CCCC[C@H]2CC(=O)OCc2ccccc2)CCCCC1. The number of amides is 4. The molecule has 4 fully saturated rings. The maximum Gasteiger partial charge on any atom is 0.407 e. The van der Waals surface area contributed by atoms with Crippen LogP contribution in [-0.4, -0.2) is 60.1 Å². The summed E-state index contributed by atoms with van der Waals surface area (Å²) in [6.45, 7) is 6.20. The van der Waals surface area contributed by atoms with Gasteiger partial charge in [0, 0.05) is 43.9 Å². The lowest BCUT2D eigenvalue weighted by atomic mass is 9.71. The van der Waals surface area contributed by atoms with Gasteiger partial charge in [0.1, 0.15) is 12.2 Å². The standard InChI is InChI=1S/C45H70N4O7/c1-44(2,3)56-43(54)46-31-45(24-14-5-15-25-45)29-41(52)49-37-22-12-9-19-34(37)27-39(50)47-36-21-11-8-18-33(36)26-40(51)48-38-23-13-10-20-35(38)28-42(53)55-30-32-16-6-4-7-17-32/h4,6-7,16-17,33-38H,5,8-15,18-31H2,1-3H3,(H,46,54)(H,47,50)(H,48,51)(H,49,52)/t33-,34-,35-,36-,37-,38-/m0/s1. The van der Waals surface area contributed by atoms with Gasteiger partial charge in [0.25, 0.3) is 0 Å². The first kappa shape index (κ1) is 43.5. The lowest BCUT2D eigenvalue weighted by Crippen LogP contribution is -2.49. The van der Waals surface area contributed by atoms with Crippen LogP contribution in [0.3, 0.4) is 0 Å². The van der Waals surface area contributed by atoms with Crippen LogP contribution in [0.4, 0.5) is 4.79 Å². The average Bonchev–Trinajstić information content (AvgIpc) is 3.16. The fourth-order valence-corrected chi connectivity index (χ4v) is 9.83. The van der Waals surface area contributed by atoms with Gasteiger partial charge in [0.05, 0.1) is 6.42 Å². The zero-order valence-electron chi connectivity index (χ0n) is 34.5. The second-order valence-corrected chi connectivity index (χ2v) is 18.5. The van der Waals surface area contributed by atoms with Crippen LogP contribution >= 0.6 is 0 Å². The van der Waals surface area contributed by atoms with Gasteiger partial charge < -0.3 is 30.7 Å². The quantitative estimate of drug-likeness (QED) is 0.133. The topological polar surface area (TPSA) is 152 Å². The molecule has 0 radical (unpaired) electrons. The third-order valence-electron chi connectivity index (χ3n) is 12.8. The van der Waals surface area contributed by atoms with E-state index in [0.29, 0.717) is 32.2 Å². The van der Waals surface area contributed by atoms with Crippen molar-refractivity contribution in [2.45, 2.75) is 186 Å². The predicted octanol–water partition coefficient (Wildman–Crippen LogP) is 7.79. The molecule has 4 saturated carbocycles. The molecule has 0 bridgehead atoms. The first-order valence-corrected chi connectivity index (χ1v) is 21.9. The van der Waals surface area contributed by atoms with Crippen LogP contribution in [0.2, 0.25) is 0 Å². The summed E-state index contributed by atoms with van der Waals surface area (Å²) in [5, 5.41) is 12.9. The van der Waals surface area contributed by atoms with Gasteiger partial charge in [-0.1, -0.05) is 88.1 Å². The summed E-state index contributed by atoms with van der Waals surface area (Å²) in [4.78, 5) is 66.0. The van der Waals surface area contributed by atoms with Crippen LogP contribution in [0, 0.1) is 23.2 Å². The predicted molar refractivity (Wildman–Crippen MR) is 216 cm³/mol. The molecule has 0 spiro atoms. The molecule has 1 aromatic rings. The fraction of sp³-hybridized carbons (Fsp3) is 0.756. The first-order chi connectivity index (χ1) is 26.9. The molecule has 4 aliphatic carbocycles. The molecule has 0 heterocycles. The van der Waals surface area contributed by atoms with Gasteiger partial charge in [0.2, 0.25) is 17.7 Å². The van der Waals surface area contributed by atoms with Gasteiger partial charge in [-0.05, 0) is 101 Å². The maximum absolute atomic E-state index is 13.6. The molecule has 312 valence electrons. The summed E-state index contributed by atoms with van der Waals surface area (Å²) in [5.41, 5.74) is 0.0758. The van der Waals surface area contributed by atoms with Crippen molar-refractivity contribution in [1.82, 2.24) is 21.3 Å². The van der Waals surface area contributed by atoms with Gasteiger partial charge in [0.15, 0.2) is 0 Å². The molecule has 0 aliphatic heterocycles. The molecule has 4 amide bonds. The lowest BCUT2D eigenvalue weighted by molar-refractivity contribution is -0.147. The highest BCUT2D eigenvalue weighted by Crippen LogP contribution is 2.39. The first-order valence-electron chi connectivity index (χ1n) is 21.9. The second kappa shape index (κ2) is 21.2. The summed E-state index contributed by atoms with van der Waals surface area (Å²) in [7, 11) is 0. The molecule has 5 rings (SSSR count). The number of alkyl carbamates (subject to hydrolysis) is 1. The summed E-state index contributed by atoms with van der Waals surface area (Å²) in [6.07, 6.45) is 17.3. The van der Waals surface area contributed by atoms with Gasteiger partial charge in [-0.25, -0.2) is 4.79 Å². The van der Waals surface area contributed by atoms with Crippen LogP contribution in [-0.2, 0) is 35.3 Å². The average molecular weight is 779 g/mol. The smallest absolute Gasteiger partial charge is 0.407 e. The Morgan fingerprint density at radius 2 is 1.11 bits per heavy atom. The van der Waals surface area contributed by atoms with E-state index in [1.54, 1.807) is 0 Å². The minimum Gasteiger partial charge on any atom is -0.461 e. The molecule has 11 heteroatoms. The normalized spacial score (nSPS) is 26.6. The Kier molecular flexibility index (Phi) is 16.5. The number of ether oxygens (including phenoxy) is 2. The van der Waals surface area contributed by atoms with E-state index in [2.05, 4.69) is 21.3 Å². The maximum atomic E-state index is 13.6. The van der Waals surface area contributed by atoms with Crippen molar-refractivity contribution in [3.05, 3.63) is 35.9 Å². The zero-order chi connectivity index (χ0) is 40.0. The Bertz CT molecular complexity index is 1440. The molecule has 11 nitrogen and oxygen atoms in total. The number of benzene rings is 1. The fourth-order valence-electron chi connectivity index (χ4n) is 9.83. The minimum atomic E-state index is -0.586. The number of hydrogen-bond acceptors (Lipinski definition) is 7. The molecule has 6 atom stereocenters. The highest BCUT2D eigenvalue weighted by atomic mass is 16.6. The highest BCUT2D eigenvalue weighted by Gasteiger charge is 2.38. The lowest BCUT2D eigenvalue weighted by Gasteiger charge is -2.38. The summed E-state index contributed by atoms with van der Waals surface area (Å²) >= 11 is 0. The number of esters is 1.